The van der Waals surface area contributed by atoms with Gasteiger partial charge in [-0.25, -0.2) is 14.3 Å². The number of esters is 2. The molecule has 0 saturated heterocycles. The number of carbonyl (C=O) groups is 2. The van der Waals surface area contributed by atoms with Crippen molar-refractivity contribution in [3.63, 3.8) is 0 Å². The normalized spacial score (nSPS) is 11.8. The van der Waals surface area contributed by atoms with Crippen LogP contribution < -0.4 is 0 Å². The first-order valence-electron chi connectivity index (χ1n) is 8.59. The molecule has 0 amide bonds. The van der Waals surface area contributed by atoms with E-state index in [1.807, 2.05) is 0 Å². The SMILES string of the molecule is Cc1nn(-c2cccc(C(F)(F)F)c2)c2sc(C(=O)OCC(=O)OC(C)C)cc12. The van der Waals surface area contributed by atoms with E-state index in [9.17, 15) is 22.8 Å². The first kappa shape index (κ1) is 20.8. The van der Waals surface area contributed by atoms with Gasteiger partial charge in [0.15, 0.2) is 6.61 Å². The van der Waals surface area contributed by atoms with Crippen LogP contribution in [-0.2, 0) is 20.4 Å². The molecule has 0 saturated carbocycles. The van der Waals surface area contributed by atoms with Gasteiger partial charge in [-0.3, -0.25) is 0 Å². The summed E-state index contributed by atoms with van der Waals surface area (Å²) in [6.45, 7) is 4.51. The fourth-order valence-electron chi connectivity index (χ4n) is 2.63. The molecule has 154 valence electrons. The molecule has 0 unspecified atom stereocenters. The van der Waals surface area contributed by atoms with Gasteiger partial charge in [0.25, 0.3) is 0 Å². The van der Waals surface area contributed by atoms with Gasteiger partial charge in [0.1, 0.15) is 9.71 Å². The summed E-state index contributed by atoms with van der Waals surface area (Å²) >= 11 is 1.02. The first-order chi connectivity index (χ1) is 13.6. The summed E-state index contributed by atoms with van der Waals surface area (Å²) in [4.78, 5) is 24.5. The molecule has 29 heavy (non-hydrogen) atoms. The Kier molecular flexibility index (Phi) is 5.65. The Morgan fingerprint density at radius 3 is 2.62 bits per heavy atom. The number of hydrogen-bond donors (Lipinski definition) is 0. The molecule has 0 N–H and O–H groups in total. The Hall–Kier alpha value is -2.88. The molecule has 0 aliphatic carbocycles. The van der Waals surface area contributed by atoms with Crippen LogP contribution in [0.5, 0.6) is 0 Å². The quantitative estimate of drug-likeness (QED) is 0.561. The maximum Gasteiger partial charge on any atom is 0.416 e. The summed E-state index contributed by atoms with van der Waals surface area (Å²) in [6.07, 6.45) is -4.81. The van der Waals surface area contributed by atoms with E-state index in [0.29, 0.717) is 15.9 Å². The topological polar surface area (TPSA) is 70.4 Å². The molecule has 2 aromatic heterocycles. The summed E-state index contributed by atoms with van der Waals surface area (Å²) < 4.78 is 50.3. The van der Waals surface area contributed by atoms with Gasteiger partial charge in [-0.15, -0.1) is 11.3 Å². The Bertz CT molecular complexity index is 1070. The highest BCUT2D eigenvalue weighted by Gasteiger charge is 2.31. The lowest BCUT2D eigenvalue weighted by Gasteiger charge is -2.09. The van der Waals surface area contributed by atoms with Crippen molar-refractivity contribution in [2.75, 3.05) is 6.61 Å². The fourth-order valence-corrected chi connectivity index (χ4v) is 3.71. The van der Waals surface area contributed by atoms with Gasteiger partial charge >= 0.3 is 18.1 Å². The van der Waals surface area contributed by atoms with Gasteiger partial charge in [0, 0.05) is 5.39 Å². The number of aryl methyl sites for hydroxylation is 1. The highest BCUT2D eigenvalue weighted by Crippen LogP contribution is 2.33. The third-order valence-corrected chi connectivity index (χ3v) is 4.94. The first-order valence-corrected chi connectivity index (χ1v) is 9.41. The summed E-state index contributed by atoms with van der Waals surface area (Å²) in [6, 6.07) is 6.31. The zero-order valence-electron chi connectivity index (χ0n) is 15.7. The van der Waals surface area contributed by atoms with Crippen LogP contribution in [0, 0.1) is 6.92 Å². The summed E-state index contributed by atoms with van der Waals surface area (Å²) in [7, 11) is 0. The fraction of sp³-hybridized carbons (Fsp3) is 0.316. The smallest absolute Gasteiger partial charge is 0.416 e. The van der Waals surface area contributed by atoms with E-state index in [0.717, 1.165) is 23.5 Å². The number of halogens is 3. The predicted molar refractivity (Wildman–Crippen MR) is 100 cm³/mol. The number of nitrogens with zero attached hydrogens (tertiary/aromatic N) is 2. The maximum atomic E-state index is 13.0. The van der Waals surface area contributed by atoms with Crippen molar-refractivity contribution in [2.24, 2.45) is 0 Å². The van der Waals surface area contributed by atoms with E-state index in [1.54, 1.807) is 26.8 Å². The van der Waals surface area contributed by atoms with Crippen molar-refractivity contribution in [3.05, 3.63) is 46.5 Å². The van der Waals surface area contributed by atoms with E-state index in [2.05, 4.69) is 5.10 Å². The van der Waals surface area contributed by atoms with Crippen molar-refractivity contribution >= 4 is 33.5 Å². The van der Waals surface area contributed by atoms with Crippen LogP contribution in [0.25, 0.3) is 15.9 Å². The van der Waals surface area contributed by atoms with Crippen molar-refractivity contribution in [1.29, 1.82) is 0 Å². The molecule has 10 heteroatoms. The average Bonchev–Trinajstić information content (AvgIpc) is 3.19. The Morgan fingerprint density at radius 2 is 1.97 bits per heavy atom. The molecule has 3 rings (SSSR count). The van der Waals surface area contributed by atoms with Gasteiger partial charge in [0.2, 0.25) is 0 Å². The largest absolute Gasteiger partial charge is 0.460 e. The van der Waals surface area contributed by atoms with Crippen molar-refractivity contribution in [3.8, 4) is 5.69 Å². The minimum Gasteiger partial charge on any atom is -0.460 e. The minimum atomic E-state index is -4.48. The lowest BCUT2D eigenvalue weighted by molar-refractivity contribution is -0.151. The van der Waals surface area contributed by atoms with Crippen molar-refractivity contribution < 1.29 is 32.2 Å². The molecule has 0 aliphatic rings. The summed E-state index contributed by atoms with van der Waals surface area (Å²) in [5, 5.41) is 4.90. The number of fused-ring (bicyclic) bond motifs is 1. The van der Waals surface area contributed by atoms with Crippen LogP contribution in [0.1, 0.15) is 34.8 Å². The molecule has 6 nitrogen and oxygen atoms in total. The Morgan fingerprint density at radius 1 is 1.24 bits per heavy atom. The van der Waals surface area contributed by atoms with Gasteiger partial charge in [0.05, 0.1) is 23.0 Å². The van der Waals surface area contributed by atoms with Crippen molar-refractivity contribution in [2.45, 2.75) is 33.1 Å². The molecule has 0 radical (unpaired) electrons. The van der Waals surface area contributed by atoms with Crippen LogP contribution >= 0.6 is 11.3 Å². The van der Waals surface area contributed by atoms with Crippen LogP contribution in [0.4, 0.5) is 13.2 Å². The maximum absolute atomic E-state index is 13.0. The van der Waals surface area contributed by atoms with Gasteiger partial charge < -0.3 is 9.47 Å². The number of alkyl halides is 3. The Balaban J connectivity index is 1.88. The van der Waals surface area contributed by atoms with Crippen molar-refractivity contribution in [1.82, 2.24) is 9.78 Å². The molecule has 0 atom stereocenters. The minimum absolute atomic E-state index is 0.207. The lowest BCUT2D eigenvalue weighted by Crippen LogP contribution is -2.19. The van der Waals surface area contributed by atoms with E-state index < -0.39 is 30.3 Å². The molecular formula is C19H17F3N2O4S. The lowest BCUT2D eigenvalue weighted by atomic mass is 10.2. The highest BCUT2D eigenvalue weighted by atomic mass is 32.1. The Labute approximate surface area is 167 Å². The second-order valence-corrected chi connectivity index (χ2v) is 7.52. The third-order valence-electron chi connectivity index (χ3n) is 3.85. The highest BCUT2D eigenvalue weighted by molar-refractivity contribution is 7.20. The van der Waals surface area contributed by atoms with Crippen LogP contribution in [-0.4, -0.2) is 34.4 Å². The molecule has 3 aromatic rings. The zero-order chi connectivity index (χ0) is 21.3. The molecule has 0 fully saturated rings. The second kappa shape index (κ2) is 7.86. The van der Waals surface area contributed by atoms with E-state index in [4.69, 9.17) is 9.47 Å². The second-order valence-electron chi connectivity index (χ2n) is 6.49. The number of rotatable bonds is 5. The number of carbonyl (C=O) groups excluding carboxylic acids is 2. The zero-order valence-corrected chi connectivity index (χ0v) is 16.6. The number of thiophene rings is 1. The average molecular weight is 426 g/mol. The van der Waals surface area contributed by atoms with Crippen LogP contribution in [0.2, 0.25) is 0 Å². The predicted octanol–water partition coefficient (Wildman–Crippen LogP) is 4.52. The van der Waals surface area contributed by atoms with Gasteiger partial charge in [-0.2, -0.15) is 18.3 Å². The molecule has 2 heterocycles. The van der Waals surface area contributed by atoms with E-state index in [-0.39, 0.29) is 16.7 Å². The van der Waals surface area contributed by atoms with E-state index >= 15 is 0 Å². The monoisotopic (exact) mass is 426 g/mol. The molecular weight excluding hydrogens is 409 g/mol. The van der Waals surface area contributed by atoms with E-state index in [1.165, 1.54) is 16.8 Å². The molecule has 0 bridgehead atoms. The molecule has 1 aromatic carbocycles. The molecule has 0 aliphatic heterocycles. The molecule has 0 spiro atoms. The summed E-state index contributed by atoms with van der Waals surface area (Å²) in [5.74, 6) is -1.39. The number of hydrogen-bond acceptors (Lipinski definition) is 6. The van der Waals surface area contributed by atoms with Gasteiger partial charge in [-0.1, -0.05) is 6.07 Å². The number of benzene rings is 1. The summed E-state index contributed by atoms with van der Waals surface area (Å²) in [5.41, 5.74) is -0.0247. The van der Waals surface area contributed by atoms with Crippen LogP contribution in [0.15, 0.2) is 30.3 Å². The standard InChI is InChI=1S/C19H17F3N2O4S/c1-10(2)28-16(25)9-27-18(26)15-8-14-11(3)23-24(17(14)29-15)13-6-4-5-12(7-13)19(20,21)22/h4-8,10H,9H2,1-3H3. The van der Waals surface area contributed by atoms with Crippen LogP contribution in [0.3, 0.4) is 0 Å². The number of aromatic nitrogens is 2. The number of ether oxygens (including phenoxy) is 2. The van der Waals surface area contributed by atoms with Gasteiger partial charge in [-0.05, 0) is 45.0 Å². The third kappa shape index (κ3) is 4.58.